The lowest BCUT2D eigenvalue weighted by molar-refractivity contribution is 0.0977. The number of hydrogen-bond donors (Lipinski definition) is 2. The third kappa shape index (κ3) is 6.51. The molecule has 0 saturated carbocycles. The second-order valence-electron chi connectivity index (χ2n) is 9.35. The van der Waals surface area contributed by atoms with E-state index in [1.807, 2.05) is 66.7 Å². The Balaban J connectivity index is 1.22. The minimum Gasteiger partial charge on any atom is -0.489 e. The summed E-state index contributed by atoms with van der Waals surface area (Å²) in [5.74, 6) is 1.26. The fourth-order valence-electron chi connectivity index (χ4n) is 4.15. The van der Waals surface area contributed by atoms with Gasteiger partial charge in [-0.3, -0.25) is 10.1 Å². The van der Waals surface area contributed by atoms with Gasteiger partial charge in [0.2, 0.25) is 5.89 Å². The number of aromatic nitrogens is 1. The van der Waals surface area contributed by atoms with Crippen molar-refractivity contribution in [3.63, 3.8) is 0 Å². The van der Waals surface area contributed by atoms with Crippen molar-refractivity contribution in [1.82, 2.24) is 10.3 Å². The zero-order chi connectivity index (χ0) is 27.2. The summed E-state index contributed by atoms with van der Waals surface area (Å²) in [5.41, 5.74) is 5.83. The van der Waals surface area contributed by atoms with Crippen LogP contribution in [0.3, 0.4) is 0 Å². The smallest absolute Gasteiger partial charge is 0.257 e. The maximum atomic E-state index is 12.8. The molecule has 2 N–H and O–H groups in total. The van der Waals surface area contributed by atoms with Crippen molar-refractivity contribution < 1.29 is 13.9 Å². The van der Waals surface area contributed by atoms with Gasteiger partial charge in [0, 0.05) is 16.8 Å². The van der Waals surface area contributed by atoms with Crippen LogP contribution < -0.4 is 15.4 Å². The lowest BCUT2D eigenvalue weighted by atomic mass is 9.98. The minimum absolute atomic E-state index is 0.184. The molecule has 1 unspecified atom stereocenters. The Labute approximate surface area is 233 Å². The molecule has 5 aromatic rings. The van der Waals surface area contributed by atoms with E-state index in [-0.39, 0.29) is 11.0 Å². The maximum Gasteiger partial charge on any atom is 0.257 e. The molecule has 0 aliphatic heterocycles. The molecule has 1 atom stereocenters. The molecule has 0 spiro atoms. The average molecular weight is 536 g/mol. The lowest BCUT2D eigenvalue weighted by Gasteiger charge is -2.11. The Bertz CT molecular complexity index is 1610. The summed E-state index contributed by atoms with van der Waals surface area (Å²) in [5, 5.41) is 6.00. The first-order valence-electron chi connectivity index (χ1n) is 12.9. The third-order valence-electron chi connectivity index (χ3n) is 6.53. The number of rotatable bonds is 8. The van der Waals surface area contributed by atoms with E-state index in [2.05, 4.69) is 36.6 Å². The van der Waals surface area contributed by atoms with E-state index in [1.165, 1.54) is 5.56 Å². The molecule has 1 amide bonds. The van der Waals surface area contributed by atoms with E-state index in [4.69, 9.17) is 26.4 Å². The van der Waals surface area contributed by atoms with Gasteiger partial charge in [0.25, 0.3) is 5.91 Å². The first-order valence-corrected chi connectivity index (χ1v) is 13.3. The van der Waals surface area contributed by atoms with Crippen molar-refractivity contribution in [1.29, 1.82) is 0 Å². The number of carbonyl (C=O) groups is 1. The molecule has 0 fully saturated rings. The molecule has 6 nitrogen and oxygen atoms in total. The molecule has 1 heterocycles. The molecule has 4 aromatic carbocycles. The summed E-state index contributed by atoms with van der Waals surface area (Å²) in [6.45, 7) is 4.80. The summed E-state index contributed by atoms with van der Waals surface area (Å²) < 4.78 is 11.9. The van der Waals surface area contributed by atoms with Crippen LogP contribution in [0.4, 0.5) is 5.69 Å². The van der Waals surface area contributed by atoms with E-state index < -0.39 is 0 Å². The SMILES string of the molecule is CCC(C)c1ccc2oc(-c3cccc(NC(=S)NC(=O)c4cccc(OCc5ccccc5)c4)c3)nc2c1. The number of benzene rings is 4. The molecule has 7 heteroatoms. The van der Waals surface area contributed by atoms with Crippen LogP contribution >= 0.6 is 12.2 Å². The highest BCUT2D eigenvalue weighted by Crippen LogP contribution is 2.29. The molecule has 5 rings (SSSR count). The Kier molecular flexibility index (Phi) is 7.99. The highest BCUT2D eigenvalue weighted by atomic mass is 32.1. The van der Waals surface area contributed by atoms with Gasteiger partial charge < -0.3 is 14.5 Å². The Morgan fingerprint density at radius 3 is 2.62 bits per heavy atom. The number of ether oxygens (including phenoxy) is 1. The highest BCUT2D eigenvalue weighted by Gasteiger charge is 2.13. The van der Waals surface area contributed by atoms with Gasteiger partial charge in [-0.1, -0.05) is 62.4 Å². The molecule has 0 bridgehead atoms. The van der Waals surface area contributed by atoms with E-state index in [9.17, 15) is 4.79 Å². The number of fused-ring (bicyclic) bond motifs is 1. The molecule has 0 aliphatic rings. The summed E-state index contributed by atoms with van der Waals surface area (Å²) in [6, 6.07) is 30.6. The number of nitrogens with one attached hydrogen (secondary N) is 2. The van der Waals surface area contributed by atoms with Crippen molar-refractivity contribution in [2.24, 2.45) is 0 Å². The molecule has 0 radical (unpaired) electrons. The van der Waals surface area contributed by atoms with Crippen LogP contribution in [0.5, 0.6) is 5.75 Å². The minimum atomic E-state index is -0.329. The number of nitrogens with zero attached hydrogens (tertiary/aromatic N) is 1. The van der Waals surface area contributed by atoms with Crippen LogP contribution in [0.2, 0.25) is 0 Å². The van der Waals surface area contributed by atoms with Crippen LogP contribution in [0.1, 0.15) is 47.7 Å². The predicted octanol–water partition coefficient (Wildman–Crippen LogP) is 7.71. The summed E-state index contributed by atoms with van der Waals surface area (Å²) >= 11 is 5.41. The number of carbonyl (C=O) groups excluding carboxylic acids is 1. The molecule has 0 aliphatic carbocycles. The maximum absolute atomic E-state index is 12.8. The largest absolute Gasteiger partial charge is 0.489 e. The second kappa shape index (κ2) is 11.9. The van der Waals surface area contributed by atoms with Gasteiger partial charge in [0.05, 0.1) is 0 Å². The van der Waals surface area contributed by atoms with E-state index >= 15 is 0 Å². The molecular weight excluding hydrogens is 506 g/mol. The van der Waals surface area contributed by atoms with Gasteiger partial charge in [0.1, 0.15) is 17.9 Å². The molecular formula is C32H29N3O3S. The normalized spacial score (nSPS) is 11.6. The van der Waals surface area contributed by atoms with Gasteiger partial charge in [-0.2, -0.15) is 0 Å². The van der Waals surface area contributed by atoms with Crippen LogP contribution in [-0.2, 0) is 6.61 Å². The first-order chi connectivity index (χ1) is 19.0. The zero-order valence-electron chi connectivity index (χ0n) is 21.8. The number of oxazole rings is 1. The topological polar surface area (TPSA) is 76.4 Å². The van der Waals surface area contributed by atoms with E-state index in [0.717, 1.165) is 28.6 Å². The fourth-order valence-corrected chi connectivity index (χ4v) is 4.36. The van der Waals surface area contributed by atoms with Crippen molar-refractivity contribution in [2.45, 2.75) is 32.8 Å². The van der Waals surface area contributed by atoms with Crippen LogP contribution in [0.25, 0.3) is 22.6 Å². The van der Waals surface area contributed by atoms with Crippen LogP contribution in [0.15, 0.2) is 101 Å². The van der Waals surface area contributed by atoms with Gasteiger partial charge in [-0.25, -0.2) is 4.98 Å². The first kappa shape index (κ1) is 26.1. The average Bonchev–Trinajstić information content (AvgIpc) is 3.40. The standard InChI is InChI=1S/C32H29N3O3S/c1-3-21(2)23-15-16-29-28(19-23)34-31(38-29)25-12-7-13-26(17-25)33-32(39)35-30(36)24-11-8-14-27(18-24)37-20-22-9-5-4-6-10-22/h4-19,21H,3,20H2,1-2H3,(H2,33,35,36,39). The van der Waals surface area contributed by atoms with Crippen molar-refractivity contribution >= 4 is 40.0 Å². The zero-order valence-corrected chi connectivity index (χ0v) is 22.6. The van der Waals surface area contributed by atoms with Crippen molar-refractivity contribution in [3.05, 3.63) is 114 Å². The second-order valence-corrected chi connectivity index (χ2v) is 9.75. The highest BCUT2D eigenvalue weighted by molar-refractivity contribution is 7.80. The number of thiocarbonyl (C=S) groups is 1. The van der Waals surface area contributed by atoms with E-state index in [0.29, 0.717) is 35.4 Å². The lowest BCUT2D eigenvalue weighted by Crippen LogP contribution is -2.34. The van der Waals surface area contributed by atoms with Crippen LogP contribution in [-0.4, -0.2) is 16.0 Å². The molecule has 39 heavy (non-hydrogen) atoms. The van der Waals surface area contributed by atoms with Gasteiger partial charge in [-0.05, 0) is 84.2 Å². The monoisotopic (exact) mass is 535 g/mol. The Morgan fingerprint density at radius 1 is 0.974 bits per heavy atom. The summed E-state index contributed by atoms with van der Waals surface area (Å²) in [7, 11) is 0. The Hall–Kier alpha value is -4.49. The van der Waals surface area contributed by atoms with Gasteiger partial charge in [0.15, 0.2) is 10.7 Å². The molecule has 196 valence electrons. The van der Waals surface area contributed by atoms with Gasteiger partial charge >= 0.3 is 0 Å². The van der Waals surface area contributed by atoms with Crippen molar-refractivity contribution in [2.75, 3.05) is 5.32 Å². The molecule has 1 aromatic heterocycles. The summed E-state index contributed by atoms with van der Waals surface area (Å²) in [6.07, 6.45) is 1.06. The Morgan fingerprint density at radius 2 is 1.79 bits per heavy atom. The summed E-state index contributed by atoms with van der Waals surface area (Å²) in [4.78, 5) is 17.5. The number of anilines is 1. The van der Waals surface area contributed by atoms with Crippen LogP contribution in [0, 0.1) is 0 Å². The molecule has 0 saturated heterocycles. The fraction of sp³-hybridized carbons (Fsp3) is 0.156. The number of amides is 1. The van der Waals surface area contributed by atoms with Crippen molar-refractivity contribution in [3.8, 4) is 17.2 Å². The quantitative estimate of drug-likeness (QED) is 0.198. The predicted molar refractivity (Wildman–Crippen MR) is 159 cm³/mol. The third-order valence-corrected chi connectivity index (χ3v) is 6.74. The van der Waals surface area contributed by atoms with Gasteiger partial charge in [-0.15, -0.1) is 0 Å². The number of hydrogen-bond acceptors (Lipinski definition) is 5. The van der Waals surface area contributed by atoms with E-state index in [1.54, 1.807) is 18.2 Å².